The summed E-state index contributed by atoms with van der Waals surface area (Å²) in [5.41, 5.74) is 1.92. The van der Waals surface area contributed by atoms with Gasteiger partial charge in [-0.05, 0) is 53.9 Å². The maximum atomic E-state index is 12.9. The molecule has 12 heteroatoms. The Morgan fingerprint density at radius 1 is 1.05 bits per heavy atom. The van der Waals surface area contributed by atoms with Gasteiger partial charge >= 0.3 is 17.6 Å². The van der Waals surface area contributed by atoms with Crippen LogP contribution in [0.5, 0.6) is 11.5 Å². The number of nitrogen functional groups attached to an aromatic ring is 1. The van der Waals surface area contributed by atoms with Crippen LogP contribution in [-0.4, -0.2) is 27.9 Å². The lowest BCUT2D eigenvalue weighted by atomic mass is 10.0. The fourth-order valence-corrected chi connectivity index (χ4v) is 3.80. The van der Waals surface area contributed by atoms with Crippen LogP contribution in [-0.2, 0) is 11.3 Å². The highest BCUT2D eigenvalue weighted by Gasteiger charge is 2.33. The molecule has 3 aromatic carbocycles. The van der Waals surface area contributed by atoms with E-state index in [1.165, 1.54) is 12.3 Å². The Labute approximate surface area is 220 Å². The van der Waals surface area contributed by atoms with Crippen LogP contribution in [0.4, 0.5) is 5.69 Å². The van der Waals surface area contributed by atoms with E-state index in [-0.39, 0.29) is 11.3 Å². The van der Waals surface area contributed by atoms with Crippen LogP contribution in [0.25, 0.3) is 11.1 Å². The molecule has 39 heavy (non-hydrogen) atoms. The maximum Gasteiger partial charge on any atom is 0.382 e. The minimum Gasteiger partial charge on any atom is -0.502 e. The molecule has 0 aliphatic carbocycles. The smallest absolute Gasteiger partial charge is 0.382 e. The van der Waals surface area contributed by atoms with Crippen molar-refractivity contribution in [1.29, 1.82) is 0 Å². The lowest BCUT2D eigenvalue weighted by Gasteiger charge is -2.10. The third-order valence-electron chi connectivity index (χ3n) is 5.75. The number of nitro benzene ring substituents is 1. The molecule has 4 N–H and O–H groups in total. The molecule has 4 aromatic rings. The largest absolute Gasteiger partial charge is 0.502 e. The molecule has 0 aliphatic rings. The number of nitrogens with zero attached hydrogens (tertiary/aromatic N) is 1. The number of ether oxygens (including phenoxy) is 2. The number of rotatable bonds is 8. The minimum atomic E-state index is -1.40. The van der Waals surface area contributed by atoms with E-state index < -0.39 is 45.3 Å². The molecule has 0 saturated carbocycles. The molecule has 0 unspecified atom stereocenters. The molecule has 0 fully saturated rings. The number of nitro groups is 1. The van der Waals surface area contributed by atoms with Crippen molar-refractivity contribution in [2.75, 3.05) is 0 Å². The van der Waals surface area contributed by atoms with Crippen LogP contribution in [0, 0.1) is 17.0 Å². The average Bonchev–Trinajstić information content (AvgIpc) is 3.42. The van der Waals surface area contributed by atoms with Gasteiger partial charge in [-0.1, -0.05) is 36.4 Å². The van der Waals surface area contributed by atoms with Gasteiger partial charge < -0.3 is 19.0 Å². The van der Waals surface area contributed by atoms with Gasteiger partial charge in [-0.25, -0.2) is 15.4 Å². The zero-order chi connectivity index (χ0) is 28.1. The number of hydrogen-bond donors (Lipinski definition) is 3. The summed E-state index contributed by atoms with van der Waals surface area (Å²) in [6, 6.07) is 17.8. The predicted octanol–water partition coefficient (Wildman–Crippen LogP) is 4.05. The van der Waals surface area contributed by atoms with Crippen LogP contribution in [0.3, 0.4) is 0 Å². The number of carbonyl (C=O) groups is 3. The van der Waals surface area contributed by atoms with Gasteiger partial charge in [0.15, 0.2) is 5.75 Å². The highest BCUT2D eigenvalue weighted by atomic mass is 16.6. The van der Waals surface area contributed by atoms with Crippen molar-refractivity contribution in [3.8, 4) is 22.6 Å². The molecule has 12 nitrogen and oxygen atoms in total. The topological polar surface area (TPSA) is 184 Å². The average molecular weight is 531 g/mol. The molecule has 1 amide bonds. The van der Waals surface area contributed by atoms with E-state index in [4.69, 9.17) is 19.7 Å². The van der Waals surface area contributed by atoms with E-state index in [1.54, 1.807) is 29.7 Å². The van der Waals surface area contributed by atoms with Crippen LogP contribution in [0.2, 0.25) is 0 Å². The molecule has 198 valence electrons. The molecule has 0 radical (unpaired) electrons. The zero-order valence-corrected chi connectivity index (χ0v) is 20.4. The third-order valence-corrected chi connectivity index (χ3v) is 5.75. The van der Waals surface area contributed by atoms with E-state index in [1.807, 2.05) is 31.2 Å². The number of carbonyl (C=O) groups excluding carboxylic acids is 3. The Hall–Kier alpha value is -5.49. The summed E-state index contributed by atoms with van der Waals surface area (Å²) >= 11 is 0. The molecule has 0 saturated heterocycles. The SMILES string of the molecule is Cc1ccccc1COc1cccc(-c2ccoc2C(=O)OC(=O)c2ccc(O)c([N+](=O)[O-])c2C(=O)NN)c1. The number of esters is 2. The Balaban J connectivity index is 1.58. The number of phenolic OH excluding ortho intramolecular Hbond substituents is 1. The number of aryl methyl sites for hydroxylation is 1. The van der Waals surface area contributed by atoms with Crippen molar-refractivity contribution in [3.63, 3.8) is 0 Å². The molecule has 1 heterocycles. The lowest BCUT2D eigenvalue weighted by Crippen LogP contribution is -2.32. The van der Waals surface area contributed by atoms with E-state index in [0.717, 1.165) is 23.3 Å². The molecule has 0 aliphatic heterocycles. The molecule has 1 aromatic heterocycles. The monoisotopic (exact) mass is 531 g/mol. The lowest BCUT2D eigenvalue weighted by molar-refractivity contribution is -0.386. The Morgan fingerprint density at radius 3 is 2.54 bits per heavy atom. The van der Waals surface area contributed by atoms with Crippen molar-refractivity contribution in [1.82, 2.24) is 5.43 Å². The summed E-state index contributed by atoms with van der Waals surface area (Å²) in [6.45, 7) is 2.30. The molecular weight excluding hydrogens is 510 g/mol. The van der Waals surface area contributed by atoms with Gasteiger partial charge in [-0.2, -0.15) is 0 Å². The van der Waals surface area contributed by atoms with Crippen LogP contribution in [0.1, 0.15) is 42.4 Å². The van der Waals surface area contributed by atoms with Crippen molar-refractivity contribution in [3.05, 3.63) is 111 Å². The second-order valence-corrected chi connectivity index (χ2v) is 8.17. The summed E-state index contributed by atoms with van der Waals surface area (Å²) in [5, 5.41) is 21.2. The normalized spacial score (nSPS) is 10.5. The maximum absolute atomic E-state index is 12.9. The summed E-state index contributed by atoms with van der Waals surface area (Å²) in [7, 11) is 0. The second-order valence-electron chi connectivity index (χ2n) is 8.17. The third kappa shape index (κ3) is 5.60. The molecule has 0 spiro atoms. The van der Waals surface area contributed by atoms with Gasteiger partial charge in [0.1, 0.15) is 17.9 Å². The highest BCUT2D eigenvalue weighted by molar-refractivity contribution is 6.12. The number of nitrogens with two attached hydrogens (primary N) is 1. The first-order valence-corrected chi connectivity index (χ1v) is 11.3. The molecule has 0 atom stereocenters. The van der Waals surface area contributed by atoms with Crippen molar-refractivity contribution < 1.29 is 38.3 Å². The van der Waals surface area contributed by atoms with E-state index in [2.05, 4.69) is 0 Å². The standard InChI is InChI=1S/C27H21N3O9/c1-15-5-2-3-6-17(15)14-38-18-8-4-7-16(13-18)19-11-12-37-24(19)27(34)39-26(33)20-9-10-21(31)23(30(35)36)22(20)25(32)29-28/h2-13,31H,14,28H2,1H3,(H,29,32). The van der Waals surface area contributed by atoms with Crippen molar-refractivity contribution >= 4 is 23.5 Å². The Kier molecular flexibility index (Phi) is 7.68. The van der Waals surface area contributed by atoms with E-state index in [0.29, 0.717) is 17.9 Å². The quantitative estimate of drug-likeness (QED) is 0.0748. The number of phenols is 1. The van der Waals surface area contributed by atoms with Crippen LogP contribution < -0.4 is 16.0 Å². The second kappa shape index (κ2) is 11.3. The van der Waals surface area contributed by atoms with Crippen LogP contribution in [0.15, 0.2) is 77.4 Å². The highest BCUT2D eigenvalue weighted by Crippen LogP contribution is 2.33. The van der Waals surface area contributed by atoms with Gasteiger partial charge in [-0.15, -0.1) is 0 Å². The Bertz CT molecular complexity index is 1590. The fourth-order valence-electron chi connectivity index (χ4n) is 3.80. The summed E-state index contributed by atoms with van der Waals surface area (Å²) in [4.78, 5) is 48.2. The number of nitrogens with one attached hydrogen (secondary N) is 1. The van der Waals surface area contributed by atoms with Gasteiger partial charge in [-0.3, -0.25) is 20.3 Å². The summed E-state index contributed by atoms with van der Waals surface area (Å²) in [6.07, 6.45) is 1.22. The first kappa shape index (κ1) is 26.6. The number of aromatic hydroxyl groups is 1. The summed E-state index contributed by atoms with van der Waals surface area (Å²) < 4.78 is 16.0. The molecule has 4 rings (SSSR count). The fraction of sp³-hybridized carbons (Fsp3) is 0.0741. The minimum absolute atomic E-state index is 0.283. The first-order chi connectivity index (χ1) is 18.7. The number of hydrogen-bond acceptors (Lipinski definition) is 10. The number of amides is 1. The van der Waals surface area contributed by atoms with E-state index >= 15 is 0 Å². The van der Waals surface area contributed by atoms with Gasteiger partial charge in [0.2, 0.25) is 5.76 Å². The number of benzene rings is 3. The van der Waals surface area contributed by atoms with Gasteiger partial charge in [0.05, 0.1) is 16.7 Å². The number of hydrazine groups is 1. The molecular formula is C27H21N3O9. The first-order valence-electron chi connectivity index (χ1n) is 11.3. The van der Waals surface area contributed by atoms with E-state index in [9.17, 15) is 29.6 Å². The van der Waals surface area contributed by atoms with Crippen molar-refractivity contribution in [2.45, 2.75) is 13.5 Å². The molecule has 0 bridgehead atoms. The number of furan rings is 1. The Morgan fingerprint density at radius 2 is 1.82 bits per heavy atom. The zero-order valence-electron chi connectivity index (χ0n) is 20.4. The predicted molar refractivity (Wildman–Crippen MR) is 136 cm³/mol. The van der Waals surface area contributed by atoms with Gasteiger partial charge in [0.25, 0.3) is 5.91 Å². The van der Waals surface area contributed by atoms with Crippen LogP contribution >= 0.6 is 0 Å². The van der Waals surface area contributed by atoms with Gasteiger partial charge in [0, 0.05) is 5.56 Å². The summed E-state index contributed by atoms with van der Waals surface area (Å²) in [5.74, 6) is 0.494. The van der Waals surface area contributed by atoms with Crippen molar-refractivity contribution in [2.24, 2.45) is 5.84 Å².